The molecule has 0 spiro atoms. The number of carbonyl (C=O) groups is 2. The smallest absolute Gasteiger partial charge is 0.340 e. The molecular formula is C18H25F3N4O4S. The van der Waals surface area contributed by atoms with Crippen LogP contribution < -0.4 is 11.1 Å². The predicted molar refractivity (Wildman–Crippen MR) is 104 cm³/mol. The number of halogens is 3. The van der Waals surface area contributed by atoms with Crippen LogP contribution in [0.15, 0.2) is 24.3 Å². The predicted octanol–water partition coefficient (Wildman–Crippen LogP) is 0.647. The Balaban J connectivity index is 2.06. The fourth-order valence-electron chi connectivity index (χ4n) is 3.09. The van der Waals surface area contributed by atoms with Gasteiger partial charge in [0, 0.05) is 31.7 Å². The Morgan fingerprint density at radius 3 is 2.17 bits per heavy atom. The average Bonchev–Trinajstić information content (AvgIpc) is 2.69. The van der Waals surface area contributed by atoms with Crippen molar-refractivity contribution in [1.29, 1.82) is 0 Å². The minimum Gasteiger partial charge on any atom is -0.340 e. The fraction of sp³-hybridized carbons (Fsp3) is 0.556. The Bertz CT molecular complexity index is 851. The minimum absolute atomic E-state index is 0.00422. The number of sulfonamides is 1. The van der Waals surface area contributed by atoms with Crippen molar-refractivity contribution in [3.05, 3.63) is 35.4 Å². The molecule has 168 valence electrons. The number of alkyl halides is 3. The number of nitrogens with two attached hydrogens (primary N) is 1. The number of rotatable bonds is 7. The number of amides is 2. The van der Waals surface area contributed by atoms with Crippen LogP contribution in [-0.2, 0) is 21.0 Å². The maximum absolute atomic E-state index is 12.9. The molecule has 0 unspecified atom stereocenters. The van der Waals surface area contributed by atoms with Crippen LogP contribution in [0.25, 0.3) is 0 Å². The second kappa shape index (κ2) is 9.75. The lowest BCUT2D eigenvalue weighted by Gasteiger charge is -2.35. The van der Waals surface area contributed by atoms with E-state index in [2.05, 4.69) is 5.32 Å². The number of nitrogens with one attached hydrogen (secondary N) is 1. The first kappa shape index (κ1) is 24.1. The van der Waals surface area contributed by atoms with Crippen LogP contribution in [0, 0.1) is 0 Å². The van der Waals surface area contributed by atoms with E-state index >= 15 is 0 Å². The molecule has 0 aromatic heterocycles. The van der Waals surface area contributed by atoms with Crippen molar-refractivity contribution in [3.8, 4) is 0 Å². The van der Waals surface area contributed by atoms with Gasteiger partial charge >= 0.3 is 6.18 Å². The summed E-state index contributed by atoms with van der Waals surface area (Å²) in [5.41, 5.74) is 4.62. The second-order valence-corrected chi connectivity index (χ2v) is 9.00. The summed E-state index contributed by atoms with van der Waals surface area (Å²) in [6.07, 6.45) is -2.71. The fourth-order valence-corrected chi connectivity index (χ4v) is 3.92. The molecule has 1 aliphatic rings. The molecule has 8 nitrogen and oxygen atoms in total. The molecule has 1 aliphatic heterocycles. The first-order valence-electron chi connectivity index (χ1n) is 9.35. The van der Waals surface area contributed by atoms with E-state index in [4.69, 9.17) is 5.73 Å². The van der Waals surface area contributed by atoms with E-state index in [1.807, 2.05) is 0 Å². The van der Waals surface area contributed by atoms with Gasteiger partial charge in [-0.1, -0.05) is 0 Å². The van der Waals surface area contributed by atoms with E-state index in [0.717, 1.165) is 30.5 Å². The van der Waals surface area contributed by atoms with E-state index < -0.39 is 33.7 Å². The van der Waals surface area contributed by atoms with Crippen molar-refractivity contribution >= 4 is 21.8 Å². The normalized spacial score (nSPS) is 16.9. The molecule has 3 N–H and O–H groups in total. The third-order valence-corrected chi connectivity index (χ3v) is 6.10. The lowest BCUT2D eigenvalue weighted by molar-refractivity contribution is -0.137. The van der Waals surface area contributed by atoms with Crippen molar-refractivity contribution in [2.45, 2.75) is 25.1 Å². The lowest BCUT2D eigenvalue weighted by atomic mass is 10.1. The lowest BCUT2D eigenvalue weighted by Crippen LogP contribution is -2.55. The molecule has 1 saturated heterocycles. The van der Waals surface area contributed by atoms with Crippen molar-refractivity contribution in [2.75, 3.05) is 39.0 Å². The van der Waals surface area contributed by atoms with Gasteiger partial charge in [0.1, 0.15) is 6.04 Å². The number of piperazine rings is 1. The second-order valence-electron chi connectivity index (χ2n) is 7.02. The van der Waals surface area contributed by atoms with Crippen molar-refractivity contribution in [1.82, 2.24) is 14.5 Å². The van der Waals surface area contributed by atoms with Crippen LogP contribution in [0.4, 0.5) is 13.2 Å². The van der Waals surface area contributed by atoms with Gasteiger partial charge in [-0.05, 0) is 43.7 Å². The maximum atomic E-state index is 12.9. The van der Waals surface area contributed by atoms with Crippen molar-refractivity contribution in [3.63, 3.8) is 0 Å². The molecule has 1 fully saturated rings. The van der Waals surface area contributed by atoms with Crippen molar-refractivity contribution in [2.24, 2.45) is 5.73 Å². The number of hydrogen-bond acceptors (Lipinski definition) is 5. The largest absolute Gasteiger partial charge is 0.416 e. The molecule has 0 bridgehead atoms. The SMILES string of the molecule is CS(=O)(=O)N1CCN(C(=O)[C@H](CCCN)NC(=O)c2ccc(C(F)(F)F)cc2)CC1. The highest BCUT2D eigenvalue weighted by Gasteiger charge is 2.32. The summed E-state index contributed by atoms with van der Waals surface area (Å²) in [5, 5.41) is 2.57. The molecule has 1 aromatic rings. The highest BCUT2D eigenvalue weighted by molar-refractivity contribution is 7.88. The van der Waals surface area contributed by atoms with Gasteiger partial charge in [0.05, 0.1) is 11.8 Å². The van der Waals surface area contributed by atoms with E-state index in [0.29, 0.717) is 13.0 Å². The summed E-state index contributed by atoms with van der Waals surface area (Å²) >= 11 is 0. The molecule has 1 atom stereocenters. The van der Waals surface area contributed by atoms with E-state index in [-0.39, 0.29) is 44.1 Å². The van der Waals surface area contributed by atoms with Crippen LogP contribution in [-0.4, -0.2) is 74.5 Å². The molecule has 12 heteroatoms. The molecule has 1 heterocycles. The zero-order chi connectivity index (χ0) is 22.5. The summed E-state index contributed by atoms with van der Waals surface area (Å²) in [7, 11) is -3.35. The summed E-state index contributed by atoms with van der Waals surface area (Å²) < 4.78 is 62.5. The van der Waals surface area contributed by atoms with Gasteiger partial charge in [-0.3, -0.25) is 9.59 Å². The number of nitrogens with zero attached hydrogens (tertiary/aromatic N) is 2. The number of hydrogen-bond donors (Lipinski definition) is 2. The van der Waals surface area contributed by atoms with Crippen LogP contribution in [0.2, 0.25) is 0 Å². The Kier molecular flexibility index (Phi) is 7.83. The number of benzene rings is 1. The van der Waals surface area contributed by atoms with Crippen LogP contribution in [0.5, 0.6) is 0 Å². The first-order chi connectivity index (χ1) is 13.9. The highest BCUT2D eigenvalue weighted by atomic mass is 32.2. The monoisotopic (exact) mass is 450 g/mol. The van der Waals surface area contributed by atoms with Crippen molar-refractivity contribution < 1.29 is 31.2 Å². The van der Waals surface area contributed by atoms with Crippen LogP contribution in [0.1, 0.15) is 28.8 Å². The van der Waals surface area contributed by atoms with Gasteiger partial charge in [-0.2, -0.15) is 17.5 Å². The number of carbonyl (C=O) groups excluding carboxylic acids is 2. The molecule has 2 amide bonds. The van der Waals surface area contributed by atoms with Gasteiger partial charge in [-0.25, -0.2) is 8.42 Å². The molecule has 2 rings (SSSR count). The Morgan fingerprint density at radius 1 is 1.13 bits per heavy atom. The quantitative estimate of drug-likeness (QED) is 0.633. The summed E-state index contributed by atoms with van der Waals surface area (Å²) in [5.74, 6) is -1.05. The third kappa shape index (κ3) is 6.41. The van der Waals surface area contributed by atoms with Crippen LogP contribution >= 0.6 is 0 Å². The van der Waals surface area contributed by atoms with Gasteiger partial charge in [0.15, 0.2) is 0 Å². The Morgan fingerprint density at radius 2 is 1.70 bits per heavy atom. The summed E-state index contributed by atoms with van der Waals surface area (Å²) in [6.45, 7) is 0.964. The van der Waals surface area contributed by atoms with Gasteiger partial charge in [0.2, 0.25) is 15.9 Å². The molecule has 0 saturated carbocycles. The van der Waals surface area contributed by atoms with Gasteiger partial charge in [-0.15, -0.1) is 0 Å². The van der Waals surface area contributed by atoms with Gasteiger partial charge in [0.25, 0.3) is 5.91 Å². The van der Waals surface area contributed by atoms with Crippen LogP contribution in [0.3, 0.4) is 0 Å². The van der Waals surface area contributed by atoms with E-state index in [1.54, 1.807) is 0 Å². The standard InChI is InChI=1S/C18H25F3N4O4S/c1-30(28,29)25-11-9-24(10-12-25)17(27)15(3-2-8-22)23-16(26)13-4-6-14(7-5-13)18(19,20)21/h4-7,15H,2-3,8-12,22H2,1H3,(H,23,26)/t15-/m0/s1. The molecular weight excluding hydrogens is 425 g/mol. The molecule has 0 aliphatic carbocycles. The maximum Gasteiger partial charge on any atom is 0.416 e. The Hall–Kier alpha value is -2.18. The minimum atomic E-state index is -4.51. The van der Waals surface area contributed by atoms with Gasteiger partial charge < -0.3 is 16.0 Å². The molecule has 1 aromatic carbocycles. The zero-order valence-electron chi connectivity index (χ0n) is 16.5. The summed E-state index contributed by atoms with van der Waals surface area (Å²) in [6, 6.07) is 2.79. The van der Waals surface area contributed by atoms with E-state index in [1.165, 1.54) is 9.21 Å². The molecule has 0 radical (unpaired) electrons. The zero-order valence-corrected chi connectivity index (χ0v) is 17.3. The third-order valence-electron chi connectivity index (χ3n) is 4.79. The Labute approximate surface area is 173 Å². The van der Waals surface area contributed by atoms with E-state index in [9.17, 15) is 31.2 Å². The average molecular weight is 450 g/mol. The topological polar surface area (TPSA) is 113 Å². The highest BCUT2D eigenvalue weighted by Crippen LogP contribution is 2.29. The summed E-state index contributed by atoms with van der Waals surface area (Å²) in [4.78, 5) is 26.8. The first-order valence-corrected chi connectivity index (χ1v) is 11.2. The molecule has 30 heavy (non-hydrogen) atoms.